The summed E-state index contributed by atoms with van der Waals surface area (Å²) in [4.78, 5) is 0. The molecule has 1 heterocycles. The highest BCUT2D eigenvalue weighted by Crippen LogP contribution is 2.48. The van der Waals surface area contributed by atoms with Crippen LogP contribution in [-0.2, 0) is 5.54 Å². The van der Waals surface area contributed by atoms with Gasteiger partial charge in [-0.25, -0.2) is 0 Å². The van der Waals surface area contributed by atoms with Crippen LogP contribution in [0.4, 0.5) is 0 Å². The second-order valence-corrected chi connectivity index (χ2v) is 6.41. The highest BCUT2D eigenvalue weighted by atomic mass is 79.9. The lowest BCUT2D eigenvalue weighted by atomic mass is 10.1. The predicted molar refractivity (Wildman–Crippen MR) is 73.0 cm³/mol. The Kier molecular flexibility index (Phi) is 1.88. The van der Waals surface area contributed by atoms with Crippen LogP contribution in [0, 0.1) is 0 Å². The zero-order valence-corrected chi connectivity index (χ0v) is 11.2. The minimum atomic E-state index is -0.0355. The topological polar surface area (TPSA) is 30.9 Å². The second-order valence-electron chi connectivity index (χ2n) is 5.50. The minimum Gasteiger partial charge on any atom is -0.344 e. The Morgan fingerprint density at radius 3 is 2.71 bits per heavy atom. The molecular weight excluding hydrogens is 276 g/mol. The van der Waals surface area contributed by atoms with E-state index in [1.807, 2.05) is 0 Å². The monoisotopic (exact) mass is 290 g/mol. The summed E-state index contributed by atoms with van der Waals surface area (Å²) in [7, 11) is 0. The Labute approximate surface area is 109 Å². The molecule has 2 aromatic rings. The number of rotatable bonds is 2. The fourth-order valence-corrected chi connectivity index (χ4v) is 3.03. The number of halogens is 1. The third-order valence-corrected chi connectivity index (χ3v) is 4.55. The van der Waals surface area contributed by atoms with Crippen molar-refractivity contribution in [2.75, 3.05) is 0 Å². The lowest BCUT2D eigenvalue weighted by Crippen LogP contribution is -2.18. The summed E-state index contributed by atoms with van der Waals surface area (Å²) in [6.07, 6.45) is 7.20. The van der Waals surface area contributed by atoms with E-state index in [4.69, 9.17) is 5.73 Å². The first-order chi connectivity index (χ1) is 8.17. The van der Waals surface area contributed by atoms with Crippen LogP contribution < -0.4 is 5.73 Å². The first-order valence-electron chi connectivity index (χ1n) is 6.27. The smallest absolute Gasteiger partial charge is 0.0497 e. The molecule has 2 saturated carbocycles. The van der Waals surface area contributed by atoms with Gasteiger partial charge in [-0.3, -0.25) is 0 Å². The van der Waals surface area contributed by atoms with Crippen LogP contribution in [0.5, 0.6) is 0 Å². The van der Waals surface area contributed by atoms with Gasteiger partial charge >= 0.3 is 0 Å². The van der Waals surface area contributed by atoms with E-state index < -0.39 is 0 Å². The van der Waals surface area contributed by atoms with E-state index in [1.165, 1.54) is 29.3 Å². The van der Waals surface area contributed by atoms with E-state index in [0.717, 1.165) is 17.3 Å². The first kappa shape index (κ1) is 10.2. The normalized spacial score (nSPS) is 22.0. The highest BCUT2D eigenvalue weighted by Gasteiger charge is 2.42. The van der Waals surface area contributed by atoms with E-state index in [1.54, 1.807) is 0 Å². The van der Waals surface area contributed by atoms with Gasteiger partial charge in [0.05, 0.1) is 0 Å². The zero-order chi connectivity index (χ0) is 11.6. The van der Waals surface area contributed by atoms with Gasteiger partial charge in [-0.15, -0.1) is 0 Å². The van der Waals surface area contributed by atoms with Crippen LogP contribution in [0.2, 0.25) is 0 Å². The standard InChI is InChI=1S/C14H15BrN2/c15-9-1-4-11-12(14(16)5-6-14)8-17(10-2-3-10)13(11)7-9/h1,4,7-8,10H,2-3,5-6,16H2. The van der Waals surface area contributed by atoms with Gasteiger partial charge in [0.15, 0.2) is 0 Å². The summed E-state index contributed by atoms with van der Waals surface area (Å²) in [6.45, 7) is 0. The van der Waals surface area contributed by atoms with Crippen molar-refractivity contribution in [3.63, 3.8) is 0 Å². The molecule has 2 aliphatic rings. The molecule has 0 aliphatic heterocycles. The summed E-state index contributed by atoms with van der Waals surface area (Å²) >= 11 is 3.57. The van der Waals surface area contributed by atoms with Crippen LogP contribution in [0.15, 0.2) is 28.9 Å². The van der Waals surface area contributed by atoms with Crippen molar-refractivity contribution in [2.45, 2.75) is 37.3 Å². The van der Waals surface area contributed by atoms with Gasteiger partial charge in [0, 0.05) is 33.2 Å². The molecule has 0 bridgehead atoms. The molecule has 0 saturated heterocycles. The molecule has 17 heavy (non-hydrogen) atoms. The molecule has 1 aromatic carbocycles. The highest BCUT2D eigenvalue weighted by molar-refractivity contribution is 9.10. The maximum Gasteiger partial charge on any atom is 0.0497 e. The quantitative estimate of drug-likeness (QED) is 0.899. The molecule has 2 aliphatic carbocycles. The summed E-state index contributed by atoms with van der Waals surface area (Å²) in [5, 5.41) is 1.35. The molecule has 1 aromatic heterocycles. The zero-order valence-electron chi connectivity index (χ0n) is 9.62. The third kappa shape index (κ3) is 1.49. The maximum absolute atomic E-state index is 6.38. The molecule has 2 fully saturated rings. The van der Waals surface area contributed by atoms with Crippen molar-refractivity contribution in [1.82, 2.24) is 4.57 Å². The Bertz CT molecular complexity index is 606. The SMILES string of the molecule is NC1(c2cn(C3CC3)c3cc(Br)ccc23)CC1. The molecule has 88 valence electrons. The summed E-state index contributed by atoms with van der Waals surface area (Å²) in [5.41, 5.74) is 9.04. The van der Waals surface area contributed by atoms with Gasteiger partial charge in [-0.1, -0.05) is 22.0 Å². The Hall–Kier alpha value is -0.800. The summed E-state index contributed by atoms with van der Waals surface area (Å²) in [6, 6.07) is 7.26. The molecule has 2 nitrogen and oxygen atoms in total. The number of aromatic nitrogens is 1. The van der Waals surface area contributed by atoms with Crippen molar-refractivity contribution in [2.24, 2.45) is 5.73 Å². The molecule has 0 spiro atoms. The second kappa shape index (κ2) is 3.15. The number of hydrogen-bond donors (Lipinski definition) is 1. The van der Waals surface area contributed by atoms with Crippen molar-refractivity contribution in [3.05, 3.63) is 34.4 Å². The fourth-order valence-electron chi connectivity index (χ4n) is 2.68. The number of nitrogens with zero attached hydrogens (tertiary/aromatic N) is 1. The molecule has 0 unspecified atom stereocenters. The molecular formula is C14H15BrN2. The average molecular weight is 291 g/mol. The number of nitrogens with two attached hydrogens (primary N) is 1. The van der Waals surface area contributed by atoms with Crippen molar-refractivity contribution in [1.29, 1.82) is 0 Å². The number of benzene rings is 1. The third-order valence-electron chi connectivity index (χ3n) is 4.06. The Balaban J connectivity index is 2.01. The van der Waals surface area contributed by atoms with Crippen molar-refractivity contribution >= 4 is 26.8 Å². The van der Waals surface area contributed by atoms with Crippen molar-refractivity contribution in [3.8, 4) is 0 Å². The lowest BCUT2D eigenvalue weighted by molar-refractivity contribution is 0.721. The largest absolute Gasteiger partial charge is 0.344 e. The summed E-state index contributed by atoms with van der Waals surface area (Å²) in [5.74, 6) is 0. The number of hydrogen-bond acceptors (Lipinski definition) is 1. The van der Waals surface area contributed by atoms with E-state index >= 15 is 0 Å². The molecule has 3 heteroatoms. The van der Waals surface area contributed by atoms with Gasteiger partial charge in [0.1, 0.15) is 0 Å². The number of fused-ring (bicyclic) bond motifs is 1. The van der Waals surface area contributed by atoms with Gasteiger partial charge in [0.25, 0.3) is 0 Å². The lowest BCUT2D eigenvalue weighted by Gasteiger charge is -2.06. The van der Waals surface area contributed by atoms with Gasteiger partial charge in [-0.05, 0) is 43.4 Å². The van der Waals surface area contributed by atoms with Crippen LogP contribution >= 0.6 is 15.9 Å². The van der Waals surface area contributed by atoms with Crippen LogP contribution in [0.25, 0.3) is 10.9 Å². The fraction of sp³-hybridized carbons (Fsp3) is 0.429. The predicted octanol–water partition coefficient (Wildman–Crippen LogP) is 3.69. The molecule has 0 radical (unpaired) electrons. The first-order valence-corrected chi connectivity index (χ1v) is 7.06. The van der Waals surface area contributed by atoms with Crippen molar-refractivity contribution < 1.29 is 0 Å². The summed E-state index contributed by atoms with van der Waals surface area (Å²) < 4.78 is 3.58. The van der Waals surface area contributed by atoms with E-state index in [9.17, 15) is 0 Å². The van der Waals surface area contributed by atoms with Crippen LogP contribution in [0.1, 0.15) is 37.3 Å². The van der Waals surface area contributed by atoms with E-state index in [0.29, 0.717) is 6.04 Å². The minimum absolute atomic E-state index is 0.0355. The molecule has 0 atom stereocenters. The van der Waals surface area contributed by atoms with Gasteiger partial charge < -0.3 is 10.3 Å². The van der Waals surface area contributed by atoms with E-state index in [2.05, 4.69) is 44.9 Å². The maximum atomic E-state index is 6.38. The van der Waals surface area contributed by atoms with E-state index in [-0.39, 0.29) is 5.54 Å². The van der Waals surface area contributed by atoms with Gasteiger partial charge in [0.2, 0.25) is 0 Å². The average Bonchev–Trinajstić information content (AvgIpc) is 3.21. The molecule has 2 N–H and O–H groups in total. The Morgan fingerprint density at radius 2 is 2.06 bits per heavy atom. The van der Waals surface area contributed by atoms with Crippen LogP contribution in [-0.4, -0.2) is 4.57 Å². The Morgan fingerprint density at radius 1 is 1.29 bits per heavy atom. The van der Waals surface area contributed by atoms with Crippen LogP contribution in [0.3, 0.4) is 0 Å². The van der Waals surface area contributed by atoms with Gasteiger partial charge in [-0.2, -0.15) is 0 Å². The molecule has 4 rings (SSSR count). The molecule has 0 amide bonds.